The molecule has 0 aromatic heterocycles. The summed E-state index contributed by atoms with van der Waals surface area (Å²) < 4.78 is 6.12. The molecule has 28 heavy (non-hydrogen) atoms. The number of aryl methyl sites for hydroxylation is 1. The van der Waals surface area contributed by atoms with Crippen LogP contribution in [0.4, 0.5) is 5.69 Å². The van der Waals surface area contributed by atoms with Crippen LogP contribution < -0.4 is 15.8 Å². The van der Waals surface area contributed by atoms with Gasteiger partial charge in [-0.25, -0.2) is 4.79 Å². The highest BCUT2D eigenvalue weighted by Crippen LogP contribution is 2.29. The lowest BCUT2D eigenvalue weighted by molar-refractivity contribution is -0.138. The van der Waals surface area contributed by atoms with E-state index < -0.39 is 12.0 Å². The number of carboxylic acid groups (broad SMARTS) is 1. The van der Waals surface area contributed by atoms with E-state index in [0.29, 0.717) is 16.8 Å². The molecule has 0 heterocycles. The molecule has 0 bridgehead atoms. The molecule has 0 radical (unpaired) electrons. The van der Waals surface area contributed by atoms with Gasteiger partial charge >= 0.3 is 5.97 Å². The highest BCUT2D eigenvalue weighted by molar-refractivity contribution is 5.95. The molecule has 1 saturated carbocycles. The number of nitrogens with two attached hydrogens (primary N) is 1. The minimum atomic E-state index is -0.962. The molecule has 1 unspecified atom stereocenters. The van der Waals surface area contributed by atoms with Gasteiger partial charge in [0.15, 0.2) is 6.04 Å². The lowest BCUT2D eigenvalue weighted by atomic mass is 10.0. The van der Waals surface area contributed by atoms with E-state index in [0.717, 1.165) is 30.6 Å². The number of carbonyl (C=O) groups is 1. The van der Waals surface area contributed by atoms with E-state index in [9.17, 15) is 9.90 Å². The summed E-state index contributed by atoms with van der Waals surface area (Å²) in [6, 6.07) is 11.7. The van der Waals surface area contributed by atoms with E-state index >= 15 is 0 Å². The molecule has 6 heteroatoms. The summed E-state index contributed by atoms with van der Waals surface area (Å²) in [5.74, 6) is -0.248. The molecular weight excluding hydrogens is 354 g/mol. The van der Waals surface area contributed by atoms with Crippen LogP contribution in [0.1, 0.15) is 55.3 Å². The number of amidine groups is 1. The van der Waals surface area contributed by atoms with Gasteiger partial charge in [-0.2, -0.15) is 0 Å². The van der Waals surface area contributed by atoms with Gasteiger partial charge in [-0.3, -0.25) is 5.41 Å². The third kappa shape index (κ3) is 4.82. The fourth-order valence-corrected chi connectivity index (χ4v) is 3.52. The van der Waals surface area contributed by atoms with Crippen molar-refractivity contribution < 1.29 is 14.6 Å². The molecule has 2 aromatic carbocycles. The summed E-state index contributed by atoms with van der Waals surface area (Å²) in [6.45, 7) is 2.04. The van der Waals surface area contributed by atoms with Crippen LogP contribution in [0.15, 0.2) is 42.5 Å². The van der Waals surface area contributed by atoms with Crippen LogP contribution in [0.5, 0.6) is 5.75 Å². The Morgan fingerprint density at radius 3 is 2.50 bits per heavy atom. The Morgan fingerprint density at radius 1 is 1.25 bits per heavy atom. The molecule has 148 valence electrons. The van der Waals surface area contributed by atoms with Gasteiger partial charge in [0.2, 0.25) is 0 Å². The first-order valence-corrected chi connectivity index (χ1v) is 9.70. The number of anilines is 1. The summed E-state index contributed by atoms with van der Waals surface area (Å²) in [5, 5.41) is 20.3. The van der Waals surface area contributed by atoms with Crippen molar-refractivity contribution in [3.8, 4) is 5.75 Å². The quantitative estimate of drug-likeness (QED) is 0.407. The maximum Gasteiger partial charge on any atom is 0.330 e. The van der Waals surface area contributed by atoms with E-state index in [1.807, 2.05) is 25.1 Å². The van der Waals surface area contributed by atoms with Gasteiger partial charge in [0.05, 0.1) is 6.10 Å². The lowest BCUT2D eigenvalue weighted by Crippen LogP contribution is -2.21. The monoisotopic (exact) mass is 381 g/mol. The Labute approximate surface area is 165 Å². The van der Waals surface area contributed by atoms with Crippen molar-refractivity contribution in [3.63, 3.8) is 0 Å². The number of rotatable bonds is 8. The second-order valence-corrected chi connectivity index (χ2v) is 7.19. The zero-order valence-electron chi connectivity index (χ0n) is 16.1. The van der Waals surface area contributed by atoms with E-state index in [4.69, 9.17) is 15.9 Å². The minimum Gasteiger partial charge on any atom is -0.490 e. The Kier molecular flexibility index (Phi) is 6.19. The molecular formula is C22H27N3O3. The third-order valence-electron chi connectivity index (χ3n) is 5.09. The van der Waals surface area contributed by atoms with E-state index in [2.05, 4.69) is 5.32 Å². The number of carboxylic acids is 1. The van der Waals surface area contributed by atoms with E-state index in [-0.39, 0.29) is 11.9 Å². The van der Waals surface area contributed by atoms with Crippen molar-refractivity contribution in [2.24, 2.45) is 5.73 Å². The fourth-order valence-electron chi connectivity index (χ4n) is 3.52. The largest absolute Gasteiger partial charge is 0.490 e. The SMILES string of the molecule is CCc1cc(OC2CCCC2)cc(C(Nc2ccc(C(=N)N)cc2)C(=O)O)c1. The molecule has 3 rings (SSSR count). The number of hydrogen-bond acceptors (Lipinski definition) is 4. The van der Waals surface area contributed by atoms with Crippen LogP contribution in [0.25, 0.3) is 0 Å². The highest BCUT2D eigenvalue weighted by Gasteiger charge is 2.22. The van der Waals surface area contributed by atoms with Crippen LogP contribution in [0.2, 0.25) is 0 Å². The topological polar surface area (TPSA) is 108 Å². The Morgan fingerprint density at radius 2 is 1.93 bits per heavy atom. The van der Waals surface area contributed by atoms with Crippen molar-refractivity contribution in [2.75, 3.05) is 5.32 Å². The van der Waals surface area contributed by atoms with Gasteiger partial charge in [-0.15, -0.1) is 0 Å². The Bertz CT molecular complexity index is 843. The average molecular weight is 381 g/mol. The first-order valence-electron chi connectivity index (χ1n) is 9.70. The predicted molar refractivity (Wildman–Crippen MR) is 110 cm³/mol. The van der Waals surface area contributed by atoms with Gasteiger partial charge in [-0.1, -0.05) is 13.0 Å². The molecule has 0 amide bonds. The van der Waals surface area contributed by atoms with Crippen LogP contribution >= 0.6 is 0 Å². The third-order valence-corrected chi connectivity index (χ3v) is 5.09. The molecule has 0 aliphatic heterocycles. The highest BCUT2D eigenvalue weighted by atomic mass is 16.5. The average Bonchev–Trinajstić information content (AvgIpc) is 3.18. The van der Waals surface area contributed by atoms with E-state index in [1.165, 1.54) is 12.8 Å². The number of hydrogen-bond donors (Lipinski definition) is 4. The van der Waals surface area contributed by atoms with Crippen LogP contribution in [-0.4, -0.2) is 23.0 Å². The molecule has 2 aromatic rings. The standard InChI is InChI=1S/C22H27N3O3/c1-2-14-11-16(13-19(12-14)28-18-5-3-4-6-18)20(22(26)27)25-17-9-7-15(8-10-17)21(23)24/h7-13,18,20,25H,2-6H2,1H3,(H3,23,24)(H,26,27). The van der Waals surface area contributed by atoms with Crippen molar-refractivity contribution in [2.45, 2.75) is 51.2 Å². The summed E-state index contributed by atoms with van der Waals surface area (Å²) >= 11 is 0. The van der Waals surface area contributed by atoms with Crippen LogP contribution in [-0.2, 0) is 11.2 Å². The first-order chi connectivity index (χ1) is 13.5. The smallest absolute Gasteiger partial charge is 0.330 e. The number of ether oxygens (including phenoxy) is 1. The molecule has 1 aliphatic carbocycles. The summed E-state index contributed by atoms with van der Waals surface area (Å²) in [6.07, 6.45) is 5.48. The second kappa shape index (κ2) is 8.78. The number of benzene rings is 2. The Hall–Kier alpha value is -3.02. The van der Waals surface area contributed by atoms with Crippen molar-refractivity contribution in [1.29, 1.82) is 5.41 Å². The van der Waals surface area contributed by atoms with Crippen molar-refractivity contribution in [1.82, 2.24) is 0 Å². The Balaban J connectivity index is 1.85. The lowest BCUT2D eigenvalue weighted by Gasteiger charge is -2.20. The first kappa shape index (κ1) is 19.7. The van der Waals surface area contributed by atoms with Crippen LogP contribution in [0, 0.1) is 5.41 Å². The maximum atomic E-state index is 12.0. The van der Waals surface area contributed by atoms with Gasteiger partial charge in [0.1, 0.15) is 11.6 Å². The number of nitrogen functional groups attached to an aromatic ring is 1. The molecule has 1 fully saturated rings. The van der Waals surface area contributed by atoms with E-state index in [1.54, 1.807) is 24.3 Å². The minimum absolute atomic E-state index is 0.0225. The normalized spacial score (nSPS) is 15.2. The van der Waals surface area contributed by atoms with Gasteiger partial charge in [0.25, 0.3) is 0 Å². The summed E-state index contributed by atoms with van der Waals surface area (Å²) in [4.78, 5) is 12.0. The maximum absolute atomic E-state index is 12.0. The van der Waals surface area contributed by atoms with Gasteiger partial charge in [-0.05, 0) is 79.6 Å². The summed E-state index contributed by atoms with van der Waals surface area (Å²) in [7, 11) is 0. The number of nitrogens with one attached hydrogen (secondary N) is 2. The van der Waals surface area contributed by atoms with Gasteiger partial charge < -0.3 is 20.9 Å². The van der Waals surface area contributed by atoms with Crippen molar-refractivity contribution >= 4 is 17.5 Å². The molecule has 1 atom stereocenters. The number of aliphatic carboxylic acids is 1. The van der Waals surface area contributed by atoms with Crippen LogP contribution in [0.3, 0.4) is 0 Å². The molecule has 0 spiro atoms. The molecule has 1 aliphatic rings. The second-order valence-electron chi connectivity index (χ2n) is 7.19. The zero-order chi connectivity index (χ0) is 20.1. The molecule has 6 nitrogen and oxygen atoms in total. The predicted octanol–water partition coefficient (Wildman–Crippen LogP) is 4.09. The fraction of sp³-hybridized carbons (Fsp3) is 0.364. The molecule has 0 saturated heterocycles. The van der Waals surface area contributed by atoms with Gasteiger partial charge in [0, 0.05) is 11.3 Å². The van der Waals surface area contributed by atoms with Crippen molar-refractivity contribution in [3.05, 3.63) is 59.2 Å². The molecule has 5 N–H and O–H groups in total. The summed E-state index contributed by atoms with van der Waals surface area (Å²) in [5.41, 5.74) is 8.43. The zero-order valence-corrected chi connectivity index (χ0v) is 16.1.